The van der Waals surface area contributed by atoms with E-state index in [9.17, 15) is 20.2 Å². The molecule has 2 aromatic carbocycles. The van der Waals surface area contributed by atoms with Gasteiger partial charge in [-0.1, -0.05) is 6.92 Å². The SMILES string of the molecule is CCC(=Nc1ccc([N+](=O)[O-])cc1)Nc1ccc([N+](=O)[O-])cc1. The average molecular weight is 314 g/mol. The predicted molar refractivity (Wildman–Crippen MR) is 87.2 cm³/mol. The largest absolute Gasteiger partial charge is 0.344 e. The smallest absolute Gasteiger partial charge is 0.269 e. The van der Waals surface area contributed by atoms with Crippen molar-refractivity contribution in [2.75, 3.05) is 5.32 Å². The summed E-state index contributed by atoms with van der Waals surface area (Å²) >= 11 is 0. The highest BCUT2D eigenvalue weighted by Crippen LogP contribution is 2.20. The van der Waals surface area contributed by atoms with Gasteiger partial charge in [-0.2, -0.15) is 0 Å². The Hall–Kier alpha value is -3.29. The molecule has 0 aromatic heterocycles. The molecule has 1 N–H and O–H groups in total. The number of nitrogens with zero attached hydrogens (tertiary/aromatic N) is 3. The van der Waals surface area contributed by atoms with E-state index < -0.39 is 9.85 Å². The van der Waals surface area contributed by atoms with Gasteiger partial charge in [0.1, 0.15) is 5.84 Å². The van der Waals surface area contributed by atoms with Crippen LogP contribution in [0, 0.1) is 20.2 Å². The Balaban J connectivity index is 2.15. The van der Waals surface area contributed by atoms with E-state index >= 15 is 0 Å². The number of anilines is 1. The predicted octanol–water partition coefficient (Wildman–Crippen LogP) is 4.06. The Morgan fingerprint density at radius 1 is 0.957 bits per heavy atom. The van der Waals surface area contributed by atoms with Gasteiger partial charge in [0.25, 0.3) is 11.4 Å². The van der Waals surface area contributed by atoms with Gasteiger partial charge in [0.15, 0.2) is 0 Å². The summed E-state index contributed by atoms with van der Waals surface area (Å²) in [4.78, 5) is 24.7. The first-order valence-corrected chi connectivity index (χ1v) is 6.83. The fourth-order valence-corrected chi connectivity index (χ4v) is 1.83. The second-order valence-corrected chi connectivity index (χ2v) is 4.61. The summed E-state index contributed by atoms with van der Waals surface area (Å²) < 4.78 is 0. The maximum absolute atomic E-state index is 10.6. The van der Waals surface area contributed by atoms with Gasteiger partial charge in [0.05, 0.1) is 15.5 Å². The molecule has 0 spiro atoms. The highest BCUT2D eigenvalue weighted by Gasteiger charge is 2.06. The summed E-state index contributed by atoms with van der Waals surface area (Å²) in [5, 5.41) is 24.3. The highest BCUT2D eigenvalue weighted by molar-refractivity contribution is 5.96. The van der Waals surface area contributed by atoms with Crippen LogP contribution in [0.4, 0.5) is 22.7 Å². The Morgan fingerprint density at radius 2 is 1.43 bits per heavy atom. The summed E-state index contributed by atoms with van der Waals surface area (Å²) in [6.07, 6.45) is 0.605. The molecule has 2 rings (SSSR count). The van der Waals surface area contributed by atoms with Crippen molar-refractivity contribution in [2.24, 2.45) is 4.99 Å². The average Bonchev–Trinajstić information content (AvgIpc) is 2.55. The fourth-order valence-electron chi connectivity index (χ4n) is 1.83. The molecular weight excluding hydrogens is 300 g/mol. The number of hydrogen-bond acceptors (Lipinski definition) is 5. The third-order valence-electron chi connectivity index (χ3n) is 3.03. The molecule has 0 bridgehead atoms. The number of nitro benzene ring substituents is 2. The minimum absolute atomic E-state index is 0.00493. The van der Waals surface area contributed by atoms with Gasteiger partial charge in [-0.05, 0) is 24.3 Å². The monoisotopic (exact) mass is 314 g/mol. The van der Waals surface area contributed by atoms with Gasteiger partial charge in [-0.15, -0.1) is 0 Å². The number of rotatable bonds is 5. The summed E-state index contributed by atoms with van der Waals surface area (Å²) in [5.74, 6) is 0.646. The number of non-ortho nitro benzene ring substituents is 2. The molecule has 118 valence electrons. The highest BCUT2D eigenvalue weighted by atomic mass is 16.6. The molecule has 8 nitrogen and oxygen atoms in total. The van der Waals surface area contributed by atoms with Crippen LogP contribution in [0.2, 0.25) is 0 Å². The first kappa shape index (κ1) is 16.1. The van der Waals surface area contributed by atoms with Gasteiger partial charge >= 0.3 is 0 Å². The van der Waals surface area contributed by atoms with Crippen molar-refractivity contribution >= 4 is 28.6 Å². The lowest BCUT2D eigenvalue weighted by molar-refractivity contribution is -0.385. The van der Waals surface area contributed by atoms with Crippen LogP contribution in [0.1, 0.15) is 13.3 Å². The molecule has 0 saturated carbocycles. The molecule has 8 heteroatoms. The first-order chi connectivity index (χ1) is 11.0. The van der Waals surface area contributed by atoms with E-state index in [1.54, 1.807) is 24.3 Å². The Kier molecular flexibility index (Phi) is 4.98. The third-order valence-corrected chi connectivity index (χ3v) is 3.03. The third kappa shape index (κ3) is 4.34. The van der Waals surface area contributed by atoms with E-state index in [4.69, 9.17) is 0 Å². The molecule has 0 unspecified atom stereocenters. The van der Waals surface area contributed by atoms with Crippen molar-refractivity contribution in [3.63, 3.8) is 0 Å². The Labute approximate surface area is 131 Å². The van der Waals surface area contributed by atoms with Crippen LogP contribution < -0.4 is 5.32 Å². The fraction of sp³-hybridized carbons (Fsp3) is 0.133. The van der Waals surface area contributed by atoms with Gasteiger partial charge in [-0.3, -0.25) is 20.2 Å². The van der Waals surface area contributed by atoms with Crippen molar-refractivity contribution in [2.45, 2.75) is 13.3 Å². The van der Waals surface area contributed by atoms with Crippen LogP contribution in [0.3, 0.4) is 0 Å². The quantitative estimate of drug-likeness (QED) is 0.387. The molecule has 0 aliphatic carbocycles. The second kappa shape index (κ2) is 7.12. The van der Waals surface area contributed by atoms with Crippen molar-refractivity contribution in [3.8, 4) is 0 Å². The Bertz CT molecular complexity index is 739. The van der Waals surface area contributed by atoms with Crippen molar-refractivity contribution in [1.29, 1.82) is 0 Å². The minimum Gasteiger partial charge on any atom is -0.344 e. The van der Waals surface area contributed by atoms with Crippen LogP contribution in [0.5, 0.6) is 0 Å². The van der Waals surface area contributed by atoms with E-state index in [1.165, 1.54) is 24.3 Å². The van der Waals surface area contributed by atoms with Crippen LogP contribution in [0.25, 0.3) is 0 Å². The molecule has 0 saturated heterocycles. The van der Waals surface area contributed by atoms with Crippen LogP contribution in [-0.4, -0.2) is 15.7 Å². The zero-order valence-electron chi connectivity index (χ0n) is 12.3. The van der Waals surface area contributed by atoms with E-state index in [0.29, 0.717) is 23.6 Å². The molecule has 0 radical (unpaired) electrons. The Morgan fingerprint density at radius 3 is 1.87 bits per heavy atom. The summed E-state index contributed by atoms with van der Waals surface area (Å²) in [5.41, 5.74) is 1.28. The lowest BCUT2D eigenvalue weighted by Gasteiger charge is -2.08. The van der Waals surface area contributed by atoms with Gasteiger partial charge in [-0.25, -0.2) is 4.99 Å². The van der Waals surface area contributed by atoms with Crippen LogP contribution in [0.15, 0.2) is 53.5 Å². The normalized spacial score (nSPS) is 11.1. The zero-order chi connectivity index (χ0) is 16.8. The van der Waals surface area contributed by atoms with Crippen molar-refractivity contribution in [1.82, 2.24) is 0 Å². The zero-order valence-corrected chi connectivity index (χ0v) is 12.3. The van der Waals surface area contributed by atoms with Crippen LogP contribution in [-0.2, 0) is 0 Å². The van der Waals surface area contributed by atoms with Crippen molar-refractivity contribution in [3.05, 3.63) is 68.8 Å². The molecule has 0 heterocycles. The number of amidine groups is 1. The number of hydrogen-bond donors (Lipinski definition) is 1. The van der Waals surface area contributed by atoms with Crippen LogP contribution >= 0.6 is 0 Å². The number of nitrogens with one attached hydrogen (secondary N) is 1. The molecule has 0 aliphatic heterocycles. The lowest BCUT2D eigenvalue weighted by Crippen LogP contribution is -2.10. The molecule has 0 amide bonds. The van der Waals surface area contributed by atoms with Gasteiger partial charge in [0, 0.05) is 36.4 Å². The standard InChI is InChI=1S/C15H14N4O4/c1-2-15(16-11-3-7-13(8-4-11)18(20)21)17-12-5-9-14(10-6-12)19(22)23/h3-10H,2H2,1H3,(H,16,17). The van der Waals surface area contributed by atoms with Gasteiger partial charge < -0.3 is 5.32 Å². The molecule has 0 aliphatic rings. The second-order valence-electron chi connectivity index (χ2n) is 4.61. The maximum atomic E-state index is 10.6. The molecule has 2 aromatic rings. The van der Waals surface area contributed by atoms with Gasteiger partial charge in [0.2, 0.25) is 0 Å². The number of benzene rings is 2. The molecule has 23 heavy (non-hydrogen) atoms. The van der Waals surface area contributed by atoms with E-state index in [-0.39, 0.29) is 11.4 Å². The summed E-state index contributed by atoms with van der Waals surface area (Å²) in [7, 11) is 0. The summed E-state index contributed by atoms with van der Waals surface area (Å²) in [6, 6.07) is 11.9. The minimum atomic E-state index is -0.469. The first-order valence-electron chi connectivity index (χ1n) is 6.83. The summed E-state index contributed by atoms with van der Waals surface area (Å²) in [6.45, 7) is 1.91. The number of nitro groups is 2. The lowest BCUT2D eigenvalue weighted by atomic mass is 10.2. The molecule has 0 fully saturated rings. The van der Waals surface area contributed by atoms with Crippen molar-refractivity contribution < 1.29 is 9.85 Å². The van der Waals surface area contributed by atoms with E-state index in [0.717, 1.165) is 0 Å². The molecular formula is C15H14N4O4. The van der Waals surface area contributed by atoms with E-state index in [2.05, 4.69) is 10.3 Å². The topological polar surface area (TPSA) is 111 Å². The van der Waals surface area contributed by atoms with E-state index in [1.807, 2.05) is 6.92 Å². The maximum Gasteiger partial charge on any atom is 0.269 e. The molecule has 0 atom stereocenters. The number of aliphatic imine (C=N–C) groups is 1.